The van der Waals surface area contributed by atoms with Gasteiger partial charge in [-0.2, -0.15) is 26.3 Å². The van der Waals surface area contributed by atoms with Crippen LogP contribution in [0.5, 0.6) is 0 Å². The highest BCUT2D eigenvalue weighted by atomic mass is 19.4. The summed E-state index contributed by atoms with van der Waals surface area (Å²) in [6, 6.07) is 17.1. The van der Waals surface area contributed by atoms with Gasteiger partial charge in [0.2, 0.25) is 0 Å². The molecule has 5 nitrogen and oxygen atoms in total. The van der Waals surface area contributed by atoms with Gasteiger partial charge in [-0.25, -0.2) is 0 Å². The highest BCUT2D eigenvalue weighted by Gasteiger charge is 2.37. The van der Waals surface area contributed by atoms with Crippen LogP contribution in [0.1, 0.15) is 32.7 Å². The Morgan fingerprint density at radius 1 is 0.811 bits per heavy atom. The Bertz CT molecular complexity index is 1400. The summed E-state index contributed by atoms with van der Waals surface area (Å²) >= 11 is 0. The van der Waals surface area contributed by atoms with Crippen LogP contribution in [0.3, 0.4) is 0 Å². The van der Waals surface area contributed by atoms with Crippen molar-refractivity contribution < 1.29 is 31.1 Å². The fourth-order valence-corrected chi connectivity index (χ4v) is 4.03. The van der Waals surface area contributed by atoms with Crippen LogP contribution in [0, 0.1) is 0 Å². The van der Waals surface area contributed by atoms with Crippen LogP contribution >= 0.6 is 0 Å². The second kappa shape index (κ2) is 10.2. The van der Waals surface area contributed by atoms with Crippen molar-refractivity contribution in [3.8, 4) is 11.1 Å². The molecule has 0 spiro atoms. The van der Waals surface area contributed by atoms with Crippen molar-refractivity contribution in [3.05, 3.63) is 101 Å². The molecule has 1 heterocycles. The van der Waals surface area contributed by atoms with Gasteiger partial charge in [0.25, 0.3) is 5.91 Å². The first-order chi connectivity index (χ1) is 17.5. The number of carbonyl (C=O) groups excluding carboxylic acids is 1. The Morgan fingerprint density at radius 2 is 1.41 bits per heavy atom. The molecule has 192 valence electrons. The largest absolute Gasteiger partial charge is 0.416 e. The molecule has 0 atom stereocenters. The number of alkyl halides is 6. The lowest BCUT2D eigenvalue weighted by Gasteiger charge is -2.18. The molecule has 4 rings (SSSR count). The maximum atomic E-state index is 13.5. The molecule has 0 aliphatic heterocycles. The van der Waals surface area contributed by atoms with E-state index in [1.165, 1.54) is 0 Å². The number of rotatable bonds is 6. The minimum absolute atomic E-state index is 0.0186. The second-order valence-corrected chi connectivity index (χ2v) is 8.17. The first kappa shape index (κ1) is 26.1. The summed E-state index contributed by atoms with van der Waals surface area (Å²) in [5.41, 5.74) is 1.29. The van der Waals surface area contributed by atoms with E-state index in [0.717, 1.165) is 0 Å². The number of hydrogen-bond donors (Lipinski definition) is 3. The number of amides is 1. The van der Waals surface area contributed by atoms with Gasteiger partial charge < -0.3 is 5.32 Å². The molecule has 0 bridgehead atoms. The number of fused-ring (bicyclic) bond motifs is 1. The zero-order chi connectivity index (χ0) is 26.8. The minimum Gasteiger partial charge on any atom is -0.348 e. The number of hydrazine groups is 1. The van der Waals surface area contributed by atoms with Crippen molar-refractivity contribution >= 4 is 16.8 Å². The predicted octanol–water partition coefficient (Wildman–Crippen LogP) is 5.83. The Morgan fingerprint density at radius 3 is 2.00 bits per heavy atom. The number of para-hydroxylation sites is 1. The number of hydrogen-bond acceptors (Lipinski definition) is 4. The van der Waals surface area contributed by atoms with E-state index in [2.05, 4.69) is 15.7 Å². The summed E-state index contributed by atoms with van der Waals surface area (Å²) in [4.78, 5) is 18.0. The summed E-state index contributed by atoms with van der Waals surface area (Å²) in [5, 5.41) is 3.10. The maximum absolute atomic E-state index is 13.5. The van der Waals surface area contributed by atoms with E-state index >= 15 is 0 Å². The third kappa shape index (κ3) is 5.73. The number of nitrogens with one attached hydrogen (secondary N) is 2. The van der Waals surface area contributed by atoms with E-state index in [4.69, 9.17) is 5.84 Å². The van der Waals surface area contributed by atoms with E-state index in [0.29, 0.717) is 34.2 Å². The van der Waals surface area contributed by atoms with E-state index in [-0.39, 0.29) is 29.4 Å². The van der Waals surface area contributed by atoms with Crippen LogP contribution in [0.4, 0.5) is 26.3 Å². The smallest absolute Gasteiger partial charge is 0.348 e. The zero-order valence-electron chi connectivity index (χ0n) is 19.0. The standard InChI is InChI=1S/C26H20F6N4O/c27-25(28,29)17-10-15(11-18(12-17)26(30,31)32)13-34-24(37)23-21(14-35-33)36-20-9-5-4-8-19(20)22(23)16-6-2-1-3-7-16/h1-12,35H,13-14,33H2,(H,34,37). The van der Waals surface area contributed by atoms with Gasteiger partial charge >= 0.3 is 12.4 Å². The molecule has 0 aliphatic carbocycles. The molecule has 0 fully saturated rings. The number of halogens is 6. The van der Waals surface area contributed by atoms with Crippen LogP contribution in [0.15, 0.2) is 72.8 Å². The van der Waals surface area contributed by atoms with Crippen LogP contribution in [-0.2, 0) is 25.4 Å². The molecule has 1 aromatic heterocycles. The summed E-state index contributed by atoms with van der Waals surface area (Å²) in [7, 11) is 0. The first-order valence-electron chi connectivity index (χ1n) is 11.0. The van der Waals surface area contributed by atoms with Gasteiger partial charge in [0.15, 0.2) is 0 Å². The van der Waals surface area contributed by atoms with E-state index in [9.17, 15) is 31.1 Å². The lowest BCUT2D eigenvalue weighted by Crippen LogP contribution is -2.29. The molecule has 4 N–H and O–H groups in total. The topological polar surface area (TPSA) is 80.0 Å². The number of aromatic nitrogens is 1. The fourth-order valence-electron chi connectivity index (χ4n) is 4.03. The average Bonchev–Trinajstić information content (AvgIpc) is 2.86. The van der Waals surface area contributed by atoms with Gasteiger partial charge in [-0.1, -0.05) is 48.5 Å². The van der Waals surface area contributed by atoms with Crippen LogP contribution in [0.2, 0.25) is 0 Å². The summed E-state index contributed by atoms with van der Waals surface area (Å²) in [5.74, 6) is 4.78. The Balaban J connectivity index is 1.79. The number of nitrogens with two attached hydrogens (primary N) is 1. The maximum Gasteiger partial charge on any atom is 0.416 e. The molecule has 1 amide bonds. The zero-order valence-corrected chi connectivity index (χ0v) is 19.0. The molecule has 0 saturated heterocycles. The van der Waals surface area contributed by atoms with Gasteiger partial charge in [0.05, 0.1) is 34.4 Å². The van der Waals surface area contributed by atoms with Crippen LogP contribution in [-0.4, -0.2) is 10.9 Å². The van der Waals surface area contributed by atoms with Crippen LogP contribution in [0.25, 0.3) is 22.0 Å². The van der Waals surface area contributed by atoms with Crippen molar-refractivity contribution in [3.63, 3.8) is 0 Å². The number of nitrogens with zero attached hydrogens (tertiary/aromatic N) is 1. The Labute approximate surface area is 207 Å². The molecule has 0 aliphatic rings. The Kier molecular flexibility index (Phi) is 7.19. The van der Waals surface area contributed by atoms with Gasteiger partial charge in [0, 0.05) is 17.5 Å². The first-order valence-corrected chi connectivity index (χ1v) is 11.0. The molecule has 0 unspecified atom stereocenters. The van der Waals surface area contributed by atoms with Crippen molar-refractivity contribution in [1.82, 2.24) is 15.7 Å². The third-order valence-corrected chi connectivity index (χ3v) is 5.63. The molecule has 37 heavy (non-hydrogen) atoms. The number of carbonyl (C=O) groups is 1. The van der Waals surface area contributed by atoms with Crippen molar-refractivity contribution in [1.29, 1.82) is 0 Å². The third-order valence-electron chi connectivity index (χ3n) is 5.63. The normalized spacial score (nSPS) is 12.1. The molecular formula is C26H20F6N4O. The Hall–Kier alpha value is -3.96. The molecule has 4 aromatic rings. The average molecular weight is 518 g/mol. The van der Waals surface area contributed by atoms with E-state index in [1.54, 1.807) is 54.6 Å². The molecular weight excluding hydrogens is 498 g/mol. The second-order valence-electron chi connectivity index (χ2n) is 8.17. The fraction of sp³-hybridized carbons (Fsp3) is 0.154. The highest BCUT2D eigenvalue weighted by molar-refractivity contribution is 6.09. The highest BCUT2D eigenvalue weighted by Crippen LogP contribution is 2.37. The number of benzene rings is 3. The van der Waals surface area contributed by atoms with Crippen molar-refractivity contribution in [2.45, 2.75) is 25.4 Å². The van der Waals surface area contributed by atoms with Gasteiger partial charge in [-0.15, -0.1) is 0 Å². The molecule has 11 heteroatoms. The van der Waals surface area contributed by atoms with E-state index in [1.807, 2.05) is 0 Å². The molecule has 0 saturated carbocycles. The molecule has 0 radical (unpaired) electrons. The van der Waals surface area contributed by atoms with Gasteiger partial charge in [-0.3, -0.25) is 21.0 Å². The lowest BCUT2D eigenvalue weighted by atomic mass is 9.93. The quantitative estimate of drug-likeness (QED) is 0.170. The van der Waals surface area contributed by atoms with Gasteiger partial charge in [-0.05, 0) is 35.4 Å². The van der Waals surface area contributed by atoms with Gasteiger partial charge in [0.1, 0.15) is 0 Å². The molecule has 3 aromatic carbocycles. The predicted molar refractivity (Wildman–Crippen MR) is 126 cm³/mol. The van der Waals surface area contributed by atoms with Crippen molar-refractivity contribution in [2.24, 2.45) is 5.84 Å². The SMILES string of the molecule is NNCc1nc2ccccc2c(-c2ccccc2)c1C(=O)NCc1cc(C(F)(F)F)cc(C(F)(F)F)c1. The minimum atomic E-state index is -5.00. The summed E-state index contributed by atoms with van der Waals surface area (Å²) in [6.07, 6.45) is -9.99. The van der Waals surface area contributed by atoms with Crippen molar-refractivity contribution in [2.75, 3.05) is 0 Å². The summed E-state index contributed by atoms with van der Waals surface area (Å²) in [6.45, 7) is -0.600. The lowest BCUT2D eigenvalue weighted by molar-refractivity contribution is -0.143. The number of pyridine rings is 1. The van der Waals surface area contributed by atoms with E-state index < -0.39 is 35.9 Å². The van der Waals surface area contributed by atoms with Crippen LogP contribution < -0.4 is 16.6 Å². The summed E-state index contributed by atoms with van der Waals surface area (Å²) < 4.78 is 79.5. The monoisotopic (exact) mass is 518 g/mol.